The van der Waals surface area contributed by atoms with E-state index in [0.29, 0.717) is 17.0 Å². The molecular weight excluding hydrogens is 463 g/mol. The lowest BCUT2D eigenvalue weighted by molar-refractivity contribution is -0.132. The number of ether oxygens (including phenoxy) is 2. The maximum Gasteiger partial charge on any atom is 0.350 e. The quantitative estimate of drug-likeness (QED) is 0.253. The van der Waals surface area contributed by atoms with Crippen molar-refractivity contribution >= 4 is 39.9 Å². The number of esters is 1. The summed E-state index contributed by atoms with van der Waals surface area (Å²) in [5, 5.41) is 11.2. The number of carbonyl (C=O) groups is 3. The maximum absolute atomic E-state index is 13.7. The summed E-state index contributed by atoms with van der Waals surface area (Å²) in [5.41, 5.74) is 0.754. The number of Topliss-reactive ketones (excluding diaryl/α,β-unsaturated/α-hetero) is 1. The second-order valence-electron chi connectivity index (χ2n) is 7.36. The lowest BCUT2D eigenvalue weighted by Gasteiger charge is -2.23. The molecule has 10 heteroatoms. The minimum absolute atomic E-state index is 0.0685. The molecule has 2 aromatic carbocycles. The molecule has 1 aliphatic rings. The number of aromatic nitrogens is 1. The Bertz CT molecular complexity index is 1330. The molecule has 1 aromatic heterocycles. The molecule has 1 atom stereocenters. The zero-order valence-corrected chi connectivity index (χ0v) is 19.2. The molecule has 0 aliphatic carbocycles. The normalized spacial score (nSPS) is 17.2. The number of aryl methyl sites for hydroxylation is 1. The van der Waals surface area contributed by atoms with Crippen LogP contribution in [0.4, 0.5) is 9.52 Å². The highest BCUT2D eigenvalue weighted by Gasteiger charge is 2.48. The Balaban J connectivity index is 1.93. The van der Waals surface area contributed by atoms with Gasteiger partial charge in [0.15, 0.2) is 5.13 Å². The highest BCUT2D eigenvalue weighted by atomic mass is 32.1. The molecule has 0 saturated carbocycles. The average Bonchev–Trinajstić information content (AvgIpc) is 3.35. The van der Waals surface area contributed by atoms with Crippen molar-refractivity contribution in [3.8, 4) is 5.75 Å². The topological polar surface area (TPSA) is 106 Å². The first kappa shape index (κ1) is 23.1. The first-order valence-corrected chi connectivity index (χ1v) is 10.8. The van der Waals surface area contributed by atoms with Crippen molar-refractivity contribution in [3.63, 3.8) is 0 Å². The molecule has 8 nitrogen and oxygen atoms in total. The smallest absolute Gasteiger partial charge is 0.350 e. The lowest BCUT2D eigenvalue weighted by Crippen LogP contribution is -2.29. The number of nitrogens with zero attached hydrogens (tertiary/aromatic N) is 2. The first-order valence-electron chi connectivity index (χ1n) is 10.0. The third-order valence-corrected chi connectivity index (χ3v) is 6.47. The zero-order valence-electron chi connectivity index (χ0n) is 18.4. The van der Waals surface area contributed by atoms with Gasteiger partial charge in [-0.2, -0.15) is 0 Å². The highest BCUT2D eigenvalue weighted by Crippen LogP contribution is 2.44. The van der Waals surface area contributed by atoms with Gasteiger partial charge >= 0.3 is 11.9 Å². The van der Waals surface area contributed by atoms with E-state index < -0.39 is 35.3 Å². The van der Waals surface area contributed by atoms with Crippen LogP contribution < -0.4 is 9.64 Å². The number of hydrogen-bond donors (Lipinski definition) is 1. The van der Waals surface area contributed by atoms with Crippen LogP contribution >= 0.6 is 11.3 Å². The van der Waals surface area contributed by atoms with Gasteiger partial charge < -0.3 is 14.6 Å². The number of carbonyl (C=O) groups excluding carboxylic acids is 3. The fraction of sp³-hybridized carbons (Fsp3) is 0.167. The Morgan fingerprint density at radius 3 is 2.50 bits per heavy atom. The van der Waals surface area contributed by atoms with E-state index >= 15 is 0 Å². The number of amides is 1. The molecule has 4 rings (SSSR count). The van der Waals surface area contributed by atoms with Crippen molar-refractivity contribution in [1.82, 2.24) is 4.98 Å². The van der Waals surface area contributed by atoms with E-state index in [1.165, 1.54) is 44.6 Å². The van der Waals surface area contributed by atoms with Gasteiger partial charge in [-0.25, -0.2) is 14.2 Å². The van der Waals surface area contributed by atoms with Crippen molar-refractivity contribution in [1.29, 1.82) is 0 Å². The van der Waals surface area contributed by atoms with E-state index in [-0.39, 0.29) is 21.1 Å². The molecule has 34 heavy (non-hydrogen) atoms. The van der Waals surface area contributed by atoms with E-state index in [2.05, 4.69) is 4.98 Å². The Labute approximate surface area is 197 Å². The largest absolute Gasteiger partial charge is 0.507 e. The molecule has 0 bridgehead atoms. The molecule has 1 unspecified atom stereocenters. The van der Waals surface area contributed by atoms with Gasteiger partial charge in [0.2, 0.25) is 0 Å². The Kier molecular flexibility index (Phi) is 6.16. The predicted octanol–water partition coefficient (Wildman–Crippen LogP) is 4.01. The van der Waals surface area contributed by atoms with Gasteiger partial charge in [-0.1, -0.05) is 35.6 Å². The number of benzene rings is 2. The van der Waals surface area contributed by atoms with Crippen molar-refractivity contribution in [2.45, 2.75) is 13.0 Å². The number of rotatable bonds is 5. The number of methoxy groups -OCH3 is 2. The fourth-order valence-corrected chi connectivity index (χ4v) is 4.70. The minimum atomic E-state index is -1.11. The van der Waals surface area contributed by atoms with Crippen LogP contribution in [-0.4, -0.2) is 42.0 Å². The summed E-state index contributed by atoms with van der Waals surface area (Å²) in [6, 6.07) is 10.5. The molecule has 174 valence electrons. The monoisotopic (exact) mass is 482 g/mol. The summed E-state index contributed by atoms with van der Waals surface area (Å²) in [7, 11) is 2.68. The van der Waals surface area contributed by atoms with Crippen molar-refractivity contribution < 1.29 is 33.4 Å². The molecule has 1 saturated heterocycles. The standard InChI is InChI=1S/C24H19FN2O6S/c1-12-21(23(31)33-3)34-24(26-12)27-18(13-7-9-15(25)10-8-13)17(20(29)22(27)30)19(28)14-5-4-6-16(11-14)32-2/h4-11,18,28H,1-3H3. The molecular formula is C24H19FN2O6S. The second kappa shape index (κ2) is 9.06. The van der Waals surface area contributed by atoms with E-state index in [1.807, 2.05) is 0 Å². The van der Waals surface area contributed by atoms with Crippen LogP contribution in [-0.2, 0) is 14.3 Å². The summed E-state index contributed by atoms with van der Waals surface area (Å²) in [6.45, 7) is 1.58. The number of thiazole rings is 1. The predicted molar refractivity (Wildman–Crippen MR) is 122 cm³/mol. The van der Waals surface area contributed by atoms with E-state index in [4.69, 9.17) is 9.47 Å². The van der Waals surface area contributed by atoms with Crippen LogP contribution in [0.5, 0.6) is 5.75 Å². The van der Waals surface area contributed by atoms with Crippen molar-refractivity contribution in [2.24, 2.45) is 0 Å². The first-order chi connectivity index (χ1) is 16.3. The van der Waals surface area contributed by atoms with E-state index in [1.54, 1.807) is 25.1 Å². The van der Waals surface area contributed by atoms with Crippen LogP contribution in [0.2, 0.25) is 0 Å². The van der Waals surface area contributed by atoms with Gasteiger partial charge in [0.1, 0.15) is 22.2 Å². The van der Waals surface area contributed by atoms with Gasteiger partial charge in [-0.3, -0.25) is 14.5 Å². The number of halogens is 1. The summed E-state index contributed by atoms with van der Waals surface area (Å²) in [6.07, 6.45) is 0. The maximum atomic E-state index is 13.7. The van der Waals surface area contributed by atoms with Crippen LogP contribution in [0.3, 0.4) is 0 Å². The lowest BCUT2D eigenvalue weighted by atomic mass is 9.95. The average molecular weight is 482 g/mol. The van der Waals surface area contributed by atoms with Crippen molar-refractivity contribution in [2.75, 3.05) is 19.1 Å². The van der Waals surface area contributed by atoms with Gasteiger partial charge in [-0.15, -0.1) is 0 Å². The van der Waals surface area contributed by atoms with E-state index in [9.17, 15) is 23.9 Å². The molecule has 1 aliphatic heterocycles. The van der Waals surface area contributed by atoms with E-state index in [0.717, 1.165) is 16.2 Å². The highest BCUT2D eigenvalue weighted by molar-refractivity contribution is 7.17. The Hall–Kier alpha value is -4.05. The molecule has 0 radical (unpaired) electrons. The molecule has 0 spiro atoms. The minimum Gasteiger partial charge on any atom is -0.507 e. The molecule has 2 heterocycles. The Morgan fingerprint density at radius 2 is 1.85 bits per heavy atom. The number of hydrogen-bond acceptors (Lipinski definition) is 8. The molecule has 1 fully saturated rings. The zero-order chi connectivity index (χ0) is 24.6. The summed E-state index contributed by atoms with van der Waals surface area (Å²) in [5.74, 6) is -3.00. The van der Waals surface area contributed by atoms with Gasteiger partial charge in [0.05, 0.1) is 31.5 Å². The van der Waals surface area contributed by atoms with Gasteiger partial charge in [0.25, 0.3) is 5.78 Å². The summed E-state index contributed by atoms with van der Waals surface area (Å²) < 4.78 is 23.6. The Morgan fingerprint density at radius 1 is 1.15 bits per heavy atom. The number of ketones is 1. The van der Waals surface area contributed by atoms with Crippen molar-refractivity contribution in [3.05, 3.63) is 81.6 Å². The summed E-state index contributed by atoms with van der Waals surface area (Å²) >= 11 is 0.881. The molecule has 1 N–H and O–H groups in total. The van der Waals surface area contributed by atoms with Gasteiger partial charge in [0, 0.05) is 5.56 Å². The fourth-order valence-electron chi connectivity index (χ4n) is 3.68. The molecule has 1 amide bonds. The van der Waals surface area contributed by atoms with Crippen LogP contribution in [0.1, 0.15) is 32.5 Å². The second-order valence-corrected chi connectivity index (χ2v) is 8.33. The third kappa shape index (κ3) is 3.92. The third-order valence-electron chi connectivity index (χ3n) is 5.34. The van der Waals surface area contributed by atoms with Gasteiger partial charge in [-0.05, 0) is 36.8 Å². The van der Waals surface area contributed by atoms with Crippen LogP contribution in [0, 0.1) is 12.7 Å². The summed E-state index contributed by atoms with van der Waals surface area (Å²) in [4.78, 5) is 44.0. The SMILES string of the molecule is COC(=O)c1sc(N2C(=O)C(=O)C(=C(O)c3cccc(OC)c3)C2c2ccc(F)cc2)nc1C. The number of aliphatic hydroxyl groups excluding tert-OH is 1. The van der Waals surface area contributed by atoms with Crippen LogP contribution in [0.15, 0.2) is 54.1 Å². The number of aliphatic hydroxyl groups is 1. The molecule has 3 aromatic rings. The number of anilines is 1. The van der Waals surface area contributed by atoms with Crippen LogP contribution in [0.25, 0.3) is 5.76 Å².